The number of carbonyl (C=O) groups excluding carboxylic acids is 1. The Morgan fingerprint density at radius 1 is 1.33 bits per heavy atom. The molecule has 1 N–H and O–H groups in total. The first kappa shape index (κ1) is 8.19. The van der Waals surface area contributed by atoms with Crippen molar-refractivity contribution in [3.63, 3.8) is 0 Å². The number of rotatable bonds is 1. The summed E-state index contributed by atoms with van der Waals surface area (Å²) < 4.78 is 3.89. The third-order valence-electron chi connectivity index (χ3n) is 1.10. The average molecular weight is 167 g/mol. The average Bonchev–Trinajstić information content (AvgIpc) is 2.05. The molecule has 0 amide bonds. The van der Waals surface area contributed by atoms with Crippen molar-refractivity contribution in [1.29, 1.82) is 0 Å². The molecular formula is C7H5NO4. The number of nitrogens with zero attached hydrogens (tertiary/aromatic N) is 1. The highest BCUT2D eigenvalue weighted by molar-refractivity contribution is 5.94. The minimum atomic E-state index is -1.61. The van der Waals surface area contributed by atoms with E-state index in [-0.39, 0.29) is 5.56 Å². The van der Waals surface area contributed by atoms with Crippen LogP contribution in [0.15, 0.2) is 24.5 Å². The van der Waals surface area contributed by atoms with E-state index >= 15 is 0 Å². The maximum atomic E-state index is 10.8. The van der Waals surface area contributed by atoms with Crippen molar-refractivity contribution in [3.05, 3.63) is 30.1 Å². The smallest absolute Gasteiger partial charge is 0.449 e. The van der Waals surface area contributed by atoms with Crippen molar-refractivity contribution < 1.29 is 19.4 Å². The predicted octanol–water partition coefficient (Wildman–Crippen LogP) is 0.916. The van der Waals surface area contributed by atoms with Crippen molar-refractivity contribution in [3.8, 4) is 0 Å². The van der Waals surface area contributed by atoms with E-state index in [4.69, 9.17) is 5.11 Å². The van der Waals surface area contributed by atoms with Crippen molar-refractivity contribution in [2.45, 2.75) is 0 Å². The van der Waals surface area contributed by atoms with Crippen molar-refractivity contribution in [1.82, 2.24) is 4.98 Å². The van der Waals surface area contributed by atoms with E-state index in [1.165, 1.54) is 24.5 Å². The lowest BCUT2D eigenvalue weighted by atomic mass is 10.3. The van der Waals surface area contributed by atoms with E-state index in [9.17, 15) is 9.59 Å². The van der Waals surface area contributed by atoms with Crippen LogP contribution in [0.4, 0.5) is 4.79 Å². The summed E-state index contributed by atoms with van der Waals surface area (Å²) in [6, 6.07) is 2.73. The van der Waals surface area contributed by atoms with Gasteiger partial charge in [-0.2, -0.15) is 0 Å². The van der Waals surface area contributed by atoms with Crippen LogP contribution in [0.2, 0.25) is 0 Å². The zero-order chi connectivity index (χ0) is 8.97. The second-order valence-corrected chi connectivity index (χ2v) is 1.89. The molecule has 0 spiro atoms. The number of hydrogen-bond donors (Lipinski definition) is 1. The first-order valence-electron chi connectivity index (χ1n) is 3.05. The molecule has 0 radical (unpaired) electrons. The molecule has 0 aliphatic rings. The first-order chi connectivity index (χ1) is 5.70. The van der Waals surface area contributed by atoms with E-state index in [0.29, 0.717) is 0 Å². The van der Waals surface area contributed by atoms with Crippen molar-refractivity contribution in [2.75, 3.05) is 0 Å². The molecule has 0 saturated carbocycles. The van der Waals surface area contributed by atoms with Gasteiger partial charge in [-0.25, -0.2) is 9.59 Å². The molecule has 0 fully saturated rings. The fourth-order valence-electron chi connectivity index (χ4n) is 0.626. The summed E-state index contributed by atoms with van der Waals surface area (Å²) in [5, 5.41) is 8.09. The number of aromatic nitrogens is 1. The molecule has 0 saturated heterocycles. The van der Waals surface area contributed by atoms with Gasteiger partial charge in [0, 0.05) is 12.4 Å². The number of hydrogen-bond acceptors (Lipinski definition) is 4. The van der Waals surface area contributed by atoms with Gasteiger partial charge in [0.05, 0.1) is 5.56 Å². The Kier molecular flexibility index (Phi) is 2.37. The number of pyridine rings is 1. The van der Waals surface area contributed by atoms with Gasteiger partial charge < -0.3 is 9.84 Å². The Morgan fingerprint density at radius 2 is 1.92 bits per heavy atom. The molecule has 5 nitrogen and oxygen atoms in total. The Morgan fingerprint density at radius 3 is 2.42 bits per heavy atom. The van der Waals surface area contributed by atoms with Crippen LogP contribution in [-0.2, 0) is 4.74 Å². The maximum Gasteiger partial charge on any atom is 0.513 e. The molecule has 62 valence electrons. The SMILES string of the molecule is O=C(O)OC(=O)c1ccncc1. The topological polar surface area (TPSA) is 76.5 Å². The number of carbonyl (C=O) groups is 2. The highest BCUT2D eigenvalue weighted by Gasteiger charge is 2.09. The minimum absolute atomic E-state index is 0.160. The normalized spacial score (nSPS) is 9.00. The van der Waals surface area contributed by atoms with Crippen molar-refractivity contribution in [2.24, 2.45) is 0 Å². The Bertz CT molecular complexity index is 296. The molecule has 1 aromatic rings. The van der Waals surface area contributed by atoms with Gasteiger partial charge in [-0.05, 0) is 12.1 Å². The molecule has 1 aromatic heterocycles. The Labute approximate surface area is 67.6 Å². The quantitative estimate of drug-likeness (QED) is 0.497. The Balaban J connectivity index is 2.73. The Hall–Kier alpha value is -1.91. The summed E-state index contributed by atoms with van der Waals surface area (Å²) in [5.74, 6) is -0.898. The highest BCUT2D eigenvalue weighted by atomic mass is 16.7. The van der Waals surface area contributed by atoms with Gasteiger partial charge in [0.25, 0.3) is 0 Å². The van der Waals surface area contributed by atoms with E-state index in [1.54, 1.807) is 0 Å². The molecular weight excluding hydrogens is 162 g/mol. The largest absolute Gasteiger partial charge is 0.513 e. The van der Waals surface area contributed by atoms with Gasteiger partial charge in [-0.3, -0.25) is 4.98 Å². The number of carboxylic acid groups (broad SMARTS) is 1. The van der Waals surface area contributed by atoms with Crippen LogP contribution in [-0.4, -0.2) is 22.2 Å². The van der Waals surface area contributed by atoms with E-state index in [2.05, 4.69) is 9.72 Å². The van der Waals surface area contributed by atoms with Crippen LogP contribution in [0.1, 0.15) is 10.4 Å². The highest BCUT2D eigenvalue weighted by Crippen LogP contribution is 1.98. The molecule has 12 heavy (non-hydrogen) atoms. The molecule has 0 atom stereocenters. The second-order valence-electron chi connectivity index (χ2n) is 1.89. The van der Waals surface area contributed by atoms with Gasteiger partial charge in [0.15, 0.2) is 0 Å². The van der Waals surface area contributed by atoms with Crippen LogP contribution in [0.25, 0.3) is 0 Å². The molecule has 0 aliphatic carbocycles. The summed E-state index contributed by atoms with van der Waals surface area (Å²) in [5.41, 5.74) is 0.160. The van der Waals surface area contributed by atoms with Crippen LogP contribution in [0.5, 0.6) is 0 Å². The summed E-state index contributed by atoms with van der Waals surface area (Å²) in [6.45, 7) is 0. The fraction of sp³-hybridized carbons (Fsp3) is 0. The maximum absolute atomic E-state index is 10.8. The third-order valence-corrected chi connectivity index (χ3v) is 1.10. The molecule has 0 bridgehead atoms. The van der Waals surface area contributed by atoms with Gasteiger partial charge >= 0.3 is 12.1 Å². The third kappa shape index (κ3) is 2.05. The summed E-state index contributed by atoms with van der Waals surface area (Å²) in [6.07, 6.45) is 1.13. The monoisotopic (exact) mass is 167 g/mol. The lowest BCUT2D eigenvalue weighted by molar-refractivity contribution is 0.0509. The van der Waals surface area contributed by atoms with Gasteiger partial charge in [0.1, 0.15) is 0 Å². The van der Waals surface area contributed by atoms with Gasteiger partial charge in [-0.15, -0.1) is 0 Å². The molecule has 5 heteroatoms. The molecule has 1 heterocycles. The fourth-order valence-corrected chi connectivity index (χ4v) is 0.626. The summed E-state index contributed by atoms with van der Waals surface area (Å²) in [7, 11) is 0. The summed E-state index contributed by atoms with van der Waals surface area (Å²) in [4.78, 5) is 24.4. The lowest BCUT2D eigenvalue weighted by Gasteiger charge is -1.96. The number of esters is 1. The lowest BCUT2D eigenvalue weighted by Crippen LogP contribution is -2.09. The summed E-state index contributed by atoms with van der Waals surface area (Å²) >= 11 is 0. The van der Waals surface area contributed by atoms with Crippen LogP contribution < -0.4 is 0 Å². The molecule has 0 aliphatic heterocycles. The second kappa shape index (κ2) is 3.47. The van der Waals surface area contributed by atoms with Crippen LogP contribution in [0, 0.1) is 0 Å². The van der Waals surface area contributed by atoms with Crippen LogP contribution >= 0.6 is 0 Å². The molecule has 0 aromatic carbocycles. The van der Waals surface area contributed by atoms with Crippen molar-refractivity contribution >= 4 is 12.1 Å². The van der Waals surface area contributed by atoms with Crippen LogP contribution in [0.3, 0.4) is 0 Å². The zero-order valence-electron chi connectivity index (χ0n) is 5.93. The van der Waals surface area contributed by atoms with E-state index in [0.717, 1.165) is 0 Å². The van der Waals surface area contributed by atoms with E-state index in [1.807, 2.05) is 0 Å². The minimum Gasteiger partial charge on any atom is -0.449 e. The van der Waals surface area contributed by atoms with Gasteiger partial charge in [0.2, 0.25) is 0 Å². The zero-order valence-corrected chi connectivity index (χ0v) is 5.93. The molecule has 0 unspecified atom stereocenters. The first-order valence-corrected chi connectivity index (χ1v) is 3.05. The van der Waals surface area contributed by atoms with Gasteiger partial charge in [-0.1, -0.05) is 0 Å². The van der Waals surface area contributed by atoms with E-state index < -0.39 is 12.1 Å². The standard InChI is InChI=1S/C7H5NO4/c9-6(12-7(10)11)5-1-3-8-4-2-5/h1-4H,(H,10,11). The molecule has 1 rings (SSSR count). The predicted molar refractivity (Wildman–Crippen MR) is 37.7 cm³/mol. The number of ether oxygens (including phenoxy) is 1.